The van der Waals surface area contributed by atoms with Gasteiger partial charge in [-0.1, -0.05) is 49.7 Å². The predicted octanol–water partition coefficient (Wildman–Crippen LogP) is 5.73. The highest BCUT2D eigenvalue weighted by Gasteiger charge is 2.25. The van der Waals surface area contributed by atoms with Crippen LogP contribution in [0.1, 0.15) is 35.3 Å². The first-order valence-corrected chi connectivity index (χ1v) is 12.0. The van der Waals surface area contributed by atoms with Gasteiger partial charge >= 0.3 is 0 Å². The van der Waals surface area contributed by atoms with E-state index in [1.807, 2.05) is 12.1 Å². The Balaban J connectivity index is 1.58. The summed E-state index contributed by atoms with van der Waals surface area (Å²) >= 11 is 9.38. The Morgan fingerprint density at radius 1 is 1.11 bits per heavy atom. The Morgan fingerprint density at radius 3 is 2.49 bits per heavy atom. The van der Waals surface area contributed by atoms with E-state index < -0.39 is 23.7 Å². The highest BCUT2D eigenvalue weighted by Crippen LogP contribution is 2.26. The van der Waals surface area contributed by atoms with Gasteiger partial charge in [-0.15, -0.1) is 0 Å². The highest BCUT2D eigenvalue weighted by molar-refractivity contribution is 9.10. The number of nitrogens with one attached hydrogen (secondary N) is 2. The van der Waals surface area contributed by atoms with Gasteiger partial charge in [0, 0.05) is 5.02 Å². The zero-order valence-electron chi connectivity index (χ0n) is 19.1. The van der Waals surface area contributed by atoms with E-state index >= 15 is 0 Å². The summed E-state index contributed by atoms with van der Waals surface area (Å²) in [5.74, 6) is -1.43. The minimum atomic E-state index is -0.894. The monoisotopic (exact) mass is 559 g/mol. The van der Waals surface area contributed by atoms with E-state index in [0.29, 0.717) is 22.9 Å². The third kappa shape index (κ3) is 7.63. The van der Waals surface area contributed by atoms with E-state index in [2.05, 4.69) is 31.8 Å². The van der Waals surface area contributed by atoms with Crippen LogP contribution in [0, 0.1) is 11.7 Å². The Kier molecular flexibility index (Phi) is 9.39. The summed E-state index contributed by atoms with van der Waals surface area (Å²) in [5, 5.41) is 7.23. The summed E-state index contributed by atoms with van der Waals surface area (Å²) in [7, 11) is 0. The summed E-state index contributed by atoms with van der Waals surface area (Å²) < 4.78 is 20.4. The van der Waals surface area contributed by atoms with Crippen LogP contribution < -0.4 is 15.5 Å². The van der Waals surface area contributed by atoms with Crippen molar-refractivity contribution in [1.29, 1.82) is 0 Å². The number of hydrazone groups is 1. The van der Waals surface area contributed by atoms with Crippen molar-refractivity contribution in [3.8, 4) is 5.75 Å². The molecule has 2 N–H and O–H groups in total. The molecule has 0 aliphatic carbocycles. The van der Waals surface area contributed by atoms with Gasteiger partial charge in [-0.3, -0.25) is 9.59 Å². The molecule has 35 heavy (non-hydrogen) atoms. The molecule has 6 nitrogen and oxygen atoms in total. The summed E-state index contributed by atoms with van der Waals surface area (Å²) in [5.41, 5.74) is 4.00. The Bertz CT molecular complexity index is 1220. The van der Waals surface area contributed by atoms with Crippen LogP contribution >= 0.6 is 27.5 Å². The number of rotatable bonds is 9. The number of halogens is 3. The van der Waals surface area contributed by atoms with Gasteiger partial charge in [0.2, 0.25) is 0 Å². The molecule has 182 valence electrons. The van der Waals surface area contributed by atoms with Crippen LogP contribution in [0.3, 0.4) is 0 Å². The van der Waals surface area contributed by atoms with Gasteiger partial charge in [0.05, 0.1) is 16.3 Å². The smallest absolute Gasteiger partial charge is 0.262 e. The summed E-state index contributed by atoms with van der Waals surface area (Å²) in [6, 6.07) is 17.5. The third-order valence-corrected chi connectivity index (χ3v) is 5.88. The zero-order valence-corrected chi connectivity index (χ0v) is 21.4. The van der Waals surface area contributed by atoms with Crippen LogP contribution in [0.15, 0.2) is 76.3 Å². The molecule has 1 unspecified atom stereocenters. The normalized spacial score (nSPS) is 11.9. The number of benzene rings is 3. The minimum Gasteiger partial charge on any atom is -0.488 e. The lowest BCUT2D eigenvalue weighted by molar-refractivity contribution is -0.123. The van der Waals surface area contributed by atoms with Gasteiger partial charge in [0.25, 0.3) is 11.8 Å². The number of hydrogen-bond acceptors (Lipinski definition) is 4. The van der Waals surface area contributed by atoms with E-state index in [4.69, 9.17) is 16.3 Å². The maximum atomic E-state index is 13.9. The fourth-order valence-corrected chi connectivity index (χ4v) is 3.73. The second kappa shape index (κ2) is 12.5. The molecular formula is C26H24BrClFN3O3. The maximum Gasteiger partial charge on any atom is 0.262 e. The van der Waals surface area contributed by atoms with Gasteiger partial charge in [0.15, 0.2) is 0 Å². The van der Waals surface area contributed by atoms with Crippen LogP contribution in [0.4, 0.5) is 4.39 Å². The van der Waals surface area contributed by atoms with Crippen molar-refractivity contribution >= 4 is 45.6 Å². The zero-order chi connectivity index (χ0) is 25.4. The first kappa shape index (κ1) is 26.4. The standard InChI is InChI=1S/C26H24BrClFN3O3/c1-16(2)24(31-25(33)20-5-3-4-6-22(20)29)26(34)32-30-14-18-9-12-23(21(27)13-18)35-15-17-7-10-19(28)11-8-17/h3-14,16,24H,15H2,1-2H3,(H,31,33)(H,32,34). The fourth-order valence-electron chi connectivity index (χ4n) is 3.10. The van der Waals surface area contributed by atoms with Crippen LogP contribution in [0.25, 0.3) is 0 Å². The summed E-state index contributed by atoms with van der Waals surface area (Å²) in [4.78, 5) is 25.0. The van der Waals surface area contributed by atoms with E-state index in [-0.39, 0.29) is 11.5 Å². The highest BCUT2D eigenvalue weighted by atomic mass is 79.9. The van der Waals surface area contributed by atoms with Crippen LogP contribution in [0.2, 0.25) is 5.02 Å². The molecule has 3 aromatic carbocycles. The molecule has 3 aromatic rings. The van der Waals surface area contributed by atoms with E-state index in [0.717, 1.165) is 10.0 Å². The van der Waals surface area contributed by atoms with Crippen molar-refractivity contribution < 1.29 is 18.7 Å². The molecule has 0 saturated carbocycles. The first-order valence-electron chi connectivity index (χ1n) is 10.8. The Labute approximate surface area is 216 Å². The molecule has 1 atom stereocenters. The fraction of sp³-hybridized carbons (Fsp3) is 0.192. The van der Waals surface area contributed by atoms with Crippen molar-refractivity contribution in [2.75, 3.05) is 0 Å². The van der Waals surface area contributed by atoms with Gasteiger partial charge in [-0.25, -0.2) is 9.82 Å². The molecular weight excluding hydrogens is 537 g/mol. The maximum absolute atomic E-state index is 13.9. The summed E-state index contributed by atoms with van der Waals surface area (Å²) in [6.07, 6.45) is 1.47. The molecule has 0 aliphatic rings. The lowest BCUT2D eigenvalue weighted by atomic mass is 10.0. The SMILES string of the molecule is CC(C)C(NC(=O)c1ccccc1F)C(=O)NN=Cc1ccc(OCc2ccc(Cl)cc2)c(Br)c1. The molecule has 3 rings (SSSR count). The van der Waals surface area contributed by atoms with Crippen LogP contribution in [-0.2, 0) is 11.4 Å². The number of nitrogens with zero attached hydrogens (tertiary/aromatic N) is 1. The van der Waals surface area contributed by atoms with Crippen molar-refractivity contribution in [2.45, 2.75) is 26.5 Å². The topological polar surface area (TPSA) is 79.8 Å². The molecule has 0 spiro atoms. The van der Waals surface area contributed by atoms with Crippen molar-refractivity contribution in [1.82, 2.24) is 10.7 Å². The third-order valence-electron chi connectivity index (χ3n) is 5.01. The van der Waals surface area contributed by atoms with Crippen LogP contribution in [0.5, 0.6) is 5.75 Å². The number of carbonyl (C=O) groups is 2. The minimum absolute atomic E-state index is 0.127. The van der Waals surface area contributed by atoms with Gasteiger partial charge in [0.1, 0.15) is 24.2 Å². The second-order valence-corrected chi connectivity index (χ2v) is 9.31. The molecule has 0 aliphatic heterocycles. The first-order chi connectivity index (χ1) is 16.7. The van der Waals surface area contributed by atoms with E-state index in [1.54, 1.807) is 50.2 Å². The summed E-state index contributed by atoms with van der Waals surface area (Å²) in [6.45, 7) is 3.93. The molecule has 0 saturated heterocycles. The van der Waals surface area contributed by atoms with E-state index in [9.17, 15) is 14.0 Å². The lowest BCUT2D eigenvalue weighted by Gasteiger charge is -2.20. The number of carbonyl (C=O) groups excluding carboxylic acids is 2. The largest absolute Gasteiger partial charge is 0.488 e. The number of ether oxygens (including phenoxy) is 1. The molecule has 9 heteroatoms. The molecule has 0 aromatic heterocycles. The molecule has 0 heterocycles. The molecule has 0 fully saturated rings. The number of amides is 2. The quantitative estimate of drug-likeness (QED) is 0.259. The molecule has 2 amide bonds. The Morgan fingerprint density at radius 2 is 1.83 bits per heavy atom. The number of hydrogen-bond donors (Lipinski definition) is 2. The van der Waals surface area contributed by atoms with Crippen molar-refractivity contribution in [2.24, 2.45) is 11.0 Å². The average molecular weight is 561 g/mol. The van der Waals surface area contributed by atoms with Gasteiger partial charge < -0.3 is 10.1 Å². The van der Waals surface area contributed by atoms with Crippen LogP contribution in [-0.4, -0.2) is 24.1 Å². The van der Waals surface area contributed by atoms with Crippen molar-refractivity contribution in [3.63, 3.8) is 0 Å². The average Bonchev–Trinajstić information content (AvgIpc) is 2.83. The Hall–Kier alpha value is -3.23. The van der Waals surface area contributed by atoms with Gasteiger partial charge in [-0.2, -0.15) is 5.10 Å². The van der Waals surface area contributed by atoms with E-state index in [1.165, 1.54) is 24.4 Å². The lowest BCUT2D eigenvalue weighted by Crippen LogP contribution is -2.48. The molecule has 0 bridgehead atoms. The van der Waals surface area contributed by atoms with Gasteiger partial charge in [-0.05, 0) is 75.4 Å². The second-order valence-electron chi connectivity index (χ2n) is 8.01. The molecule has 0 radical (unpaired) electrons. The van der Waals surface area contributed by atoms with Crippen molar-refractivity contribution in [3.05, 3.63) is 98.7 Å². The predicted molar refractivity (Wildman–Crippen MR) is 138 cm³/mol.